The second-order valence-electron chi connectivity index (χ2n) is 7.32. The van der Waals surface area contributed by atoms with Gasteiger partial charge < -0.3 is 19.3 Å². The number of thioether (sulfide) groups is 1. The summed E-state index contributed by atoms with van der Waals surface area (Å²) in [5.74, 6) is 0.153. The lowest BCUT2D eigenvalue weighted by Crippen LogP contribution is -2.39. The smallest absolute Gasteiger partial charge is 0.338 e. The molecule has 7 nitrogen and oxygen atoms in total. The van der Waals surface area contributed by atoms with Gasteiger partial charge in [-0.15, -0.1) is 11.3 Å². The molecule has 0 fully saturated rings. The molecule has 1 aliphatic heterocycles. The van der Waals surface area contributed by atoms with Crippen LogP contribution in [0.15, 0.2) is 90.6 Å². The molecule has 0 saturated heterocycles. The first-order chi connectivity index (χ1) is 16.6. The second kappa shape index (κ2) is 9.28. The van der Waals surface area contributed by atoms with Crippen LogP contribution in [0.25, 0.3) is 17.5 Å². The molecule has 9 heteroatoms. The molecular weight excluding hydrogens is 472 g/mol. The van der Waals surface area contributed by atoms with Gasteiger partial charge in [-0.05, 0) is 43.3 Å². The number of rotatable bonds is 6. The van der Waals surface area contributed by atoms with Crippen LogP contribution in [0.3, 0.4) is 0 Å². The molecule has 1 atom stereocenters. The average molecular weight is 493 g/mol. The largest absolute Gasteiger partial charge is 0.468 e. The Hall–Kier alpha value is -3.69. The van der Waals surface area contributed by atoms with Crippen molar-refractivity contribution < 1.29 is 18.4 Å². The lowest BCUT2D eigenvalue weighted by atomic mass is 9.94. The molecule has 4 aromatic rings. The van der Waals surface area contributed by atoms with E-state index in [1.165, 1.54) is 33.9 Å². The number of hydrogen-bond donors (Lipinski definition) is 1. The Morgan fingerprint density at radius 3 is 2.59 bits per heavy atom. The van der Waals surface area contributed by atoms with Gasteiger partial charge in [0.05, 0.1) is 35.2 Å². The van der Waals surface area contributed by atoms with Crippen LogP contribution in [-0.2, 0) is 9.53 Å². The number of thiazole rings is 1. The number of furan rings is 2. The van der Waals surface area contributed by atoms with Crippen LogP contribution in [0.1, 0.15) is 24.4 Å². The third-order valence-electron chi connectivity index (χ3n) is 5.21. The van der Waals surface area contributed by atoms with Crippen molar-refractivity contribution in [1.29, 1.82) is 0 Å². The Balaban J connectivity index is 1.83. The van der Waals surface area contributed by atoms with E-state index >= 15 is 0 Å². The van der Waals surface area contributed by atoms with E-state index in [-0.39, 0.29) is 18.0 Å². The summed E-state index contributed by atoms with van der Waals surface area (Å²) < 4.78 is 18.7. The van der Waals surface area contributed by atoms with Crippen molar-refractivity contribution in [2.24, 2.45) is 5.73 Å². The van der Waals surface area contributed by atoms with E-state index in [0.717, 1.165) is 4.90 Å². The summed E-state index contributed by atoms with van der Waals surface area (Å²) >= 11 is 2.55. The van der Waals surface area contributed by atoms with Crippen LogP contribution in [0.2, 0.25) is 0 Å². The van der Waals surface area contributed by atoms with Crippen molar-refractivity contribution >= 4 is 46.5 Å². The molecular formula is C25H20N2O5S2. The molecule has 4 heterocycles. The number of allylic oxidation sites excluding steroid dienone is 1. The monoisotopic (exact) mass is 492 g/mol. The Bertz CT molecular complexity index is 1530. The zero-order chi connectivity index (χ0) is 23.7. The van der Waals surface area contributed by atoms with Gasteiger partial charge in [0.2, 0.25) is 0 Å². The molecule has 172 valence electrons. The molecule has 1 aliphatic rings. The van der Waals surface area contributed by atoms with Crippen molar-refractivity contribution in [3.8, 4) is 0 Å². The van der Waals surface area contributed by atoms with E-state index < -0.39 is 11.9 Å². The molecule has 0 saturated carbocycles. The Kier molecular flexibility index (Phi) is 6.04. The summed E-state index contributed by atoms with van der Waals surface area (Å²) in [6.45, 7) is 1.93. The first-order valence-corrected chi connectivity index (χ1v) is 12.2. The highest BCUT2D eigenvalue weighted by atomic mass is 32.2. The summed E-state index contributed by atoms with van der Waals surface area (Å²) in [5.41, 5.74) is 6.62. The average Bonchev–Trinajstić information content (AvgIpc) is 3.60. The van der Waals surface area contributed by atoms with Gasteiger partial charge in [-0.25, -0.2) is 4.79 Å². The minimum Gasteiger partial charge on any atom is -0.468 e. The normalized spacial score (nSPS) is 16.1. The molecule has 5 rings (SSSR count). The van der Waals surface area contributed by atoms with Crippen molar-refractivity contribution in [3.63, 3.8) is 0 Å². The van der Waals surface area contributed by atoms with Gasteiger partial charge in [-0.1, -0.05) is 30.0 Å². The summed E-state index contributed by atoms with van der Waals surface area (Å²) in [6.07, 6.45) is 4.72. The van der Waals surface area contributed by atoms with Gasteiger partial charge in [0.1, 0.15) is 22.0 Å². The predicted molar refractivity (Wildman–Crippen MR) is 131 cm³/mol. The minimum absolute atomic E-state index is 0.189. The first-order valence-electron chi connectivity index (χ1n) is 10.5. The highest BCUT2D eigenvalue weighted by Crippen LogP contribution is 2.45. The minimum atomic E-state index is -0.631. The number of aromatic nitrogens is 1. The molecule has 0 aliphatic carbocycles. The first kappa shape index (κ1) is 22.1. The molecule has 2 N–H and O–H groups in total. The maximum atomic E-state index is 13.5. The molecule has 1 aromatic carbocycles. The van der Waals surface area contributed by atoms with Gasteiger partial charge in [0.25, 0.3) is 5.56 Å². The maximum Gasteiger partial charge on any atom is 0.338 e. The fraction of sp³-hybridized carbons (Fsp3) is 0.120. The Morgan fingerprint density at radius 2 is 1.91 bits per heavy atom. The third-order valence-corrected chi connectivity index (χ3v) is 7.49. The van der Waals surface area contributed by atoms with E-state index in [2.05, 4.69) is 0 Å². The number of benzene rings is 1. The zero-order valence-electron chi connectivity index (χ0n) is 18.1. The van der Waals surface area contributed by atoms with Crippen LogP contribution in [0, 0.1) is 0 Å². The van der Waals surface area contributed by atoms with Gasteiger partial charge in [0, 0.05) is 15.9 Å². The maximum absolute atomic E-state index is 13.5. The molecule has 34 heavy (non-hydrogen) atoms. The number of nitrogens with zero attached hydrogens (tertiary/aromatic N) is 1. The standard InChI is InChI=1S/C25H20N2O5S2/c1-2-30-25(29)20-19(17-11-7-13-32-17)21(33-16-9-4-3-5-10-16)22(26)27-23(28)18(34-24(20)27)14-15-8-6-12-31-15/h3-14,19H,2,26H2,1H3/b18-14-. The fourth-order valence-electron chi connectivity index (χ4n) is 3.76. The topological polar surface area (TPSA) is 101 Å². The molecule has 3 aromatic heterocycles. The van der Waals surface area contributed by atoms with E-state index in [4.69, 9.17) is 19.3 Å². The van der Waals surface area contributed by atoms with Crippen LogP contribution < -0.4 is 20.5 Å². The van der Waals surface area contributed by atoms with E-state index in [1.54, 1.807) is 43.5 Å². The fourth-order valence-corrected chi connectivity index (χ4v) is 6.00. The van der Waals surface area contributed by atoms with Crippen molar-refractivity contribution in [3.05, 3.63) is 103 Å². The lowest BCUT2D eigenvalue weighted by molar-refractivity contribution is -0.136. The highest BCUT2D eigenvalue weighted by molar-refractivity contribution is 8.03. The van der Waals surface area contributed by atoms with Gasteiger partial charge in [-0.2, -0.15) is 0 Å². The van der Waals surface area contributed by atoms with Gasteiger partial charge >= 0.3 is 5.97 Å². The molecule has 0 bridgehead atoms. The van der Waals surface area contributed by atoms with Crippen LogP contribution >= 0.6 is 23.1 Å². The molecule has 1 unspecified atom stereocenters. The number of carbonyl (C=O) groups is 1. The van der Waals surface area contributed by atoms with Crippen LogP contribution in [0.4, 0.5) is 0 Å². The lowest BCUT2D eigenvalue weighted by Gasteiger charge is -2.26. The quantitative estimate of drug-likeness (QED) is 0.412. The van der Waals surface area contributed by atoms with E-state index in [0.29, 0.717) is 31.2 Å². The Labute approximate surface area is 202 Å². The highest BCUT2D eigenvalue weighted by Gasteiger charge is 2.38. The number of carbonyl (C=O) groups excluding carboxylic acids is 1. The van der Waals surface area contributed by atoms with Gasteiger partial charge in [0.15, 0.2) is 0 Å². The van der Waals surface area contributed by atoms with Crippen LogP contribution in [0.5, 0.6) is 0 Å². The second-order valence-corrected chi connectivity index (χ2v) is 9.46. The molecule has 0 amide bonds. The number of esters is 1. The number of nitrogens with two attached hydrogens (primary N) is 1. The number of ether oxygens (including phenoxy) is 1. The third kappa shape index (κ3) is 3.93. The van der Waals surface area contributed by atoms with Crippen molar-refractivity contribution in [1.82, 2.24) is 4.57 Å². The number of hydrogen-bond acceptors (Lipinski definition) is 8. The zero-order valence-corrected chi connectivity index (χ0v) is 19.7. The van der Waals surface area contributed by atoms with Crippen molar-refractivity contribution in [2.75, 3.05) is 6.61 Å². The van der Waals surface area contributed by atoms with Gasteiger partial charge in [-0.3, -0.25) is 9.36 Å². The summed E-state index contributed by atoms with van der Waals surface area (Å²) in [4.78, 5) is 28.3. The summed E-state index contributed by atoms with van der Waals surface area (Å²) in [7, 11) is 0. The SMILES string of the molecule is CCOC(=O)C1=c2s/c(=C\c3ccco3)c(=O)n2C(N)=C(Sc2ccccc2)C1c1ccco1. The van der Waals surface area contributed by atoms with Crippen LogP contribution in [-0.4, -0.2) is 17.1 Å². The Morgan fingerprint density at radius 1 is 1.15 bits per heavy atom. The molecule has 0 spiro atoms. The summed E-state index contributed by atoms with van der Waals surface area (Å²) in [6, 6.07) is 16.7. The number of fused-ring (bicyclic) bond motifs is 1. The molecule has 0 radical (unpaired) electrons. The predicted octanol–water partition coefficient (Wildman–Crippen LogP) is 3.31. The van der Waals surface area contributed by atoms with Crippen molar-refractivity contribution in [2.45, 2.75) is 17.7 Å². The summed E-state index contributed by atoms with van der Waals surface area (Å²) in [5, 5.41) is 0. The van der Waals surface area contributed by atoms with E-state index in [1.807, 2.05) is 30.3 Å². The van der Waals surface area contributed by atoms with E-state index in [9.17, 15) is 9.59 Å².